The van der Waals surface area contributed by atoms with Crippen LogP contribution in [0.5, 0.6) is 11.5 Å². The molecule has 0 saturated heterocycles. The van der Waals surface area contributed by atoms with E-state index in [0.29, 0.717) is 30.7 Å². The molecular weight excluding hydrogens is 334 g/mol. The number of nitro groups is 1. The summed E-state index contributed by atoms with van der Waals surface area (Å²) in [6.07, 6.45) is 2.49. The van der Waals surface area contributed by atoms with Crippen molar-refractivity contribution < 1.29 is 14.4 Å². The van der Waals surface area contributed by atoms with E-state index in [4.69, 9.17) is 9.47 Å². The van der Waals surface area contributed by atoms with Crippen LogP contribution in [0.15, 0.2) is 48.7 Å². The zero-order valence-corrected chi connectivity index (χ0v) is 14.0. The van der Waals surface area contributed by atoms with Gasteiger partial charge in [-0.2, -0.15) is 0 Å². The number of anilines is 1. The molecule has 2 heterocycles. The maximum absolute atomic E-state index is 11.2. The molecule has 26 heavy (non-hydrogen) atoms. The van der Waals surface area contributed by atoms with E-state index in [0.717, 1.165) is 29.2 Å². The molecule has 0 saturated carbocycles. The lowest BCUT2D eigenvalue weighted by Gasteiger charge is -2.12. The molecule has 0 fully saturated rings. The van der Waals surface area contributed by atoms with Crippen molar-refractivity contribution in [3.8, 4) is 11.5 Å². The van der Waals surface area contributed by atoms with Gasteiger partial charge in [0.1, 0.15) is 5.52 Å². The molecule has 2 aromatic carbocycles. The van der Waals surface area contributed by atoms with Gasteiger partial charge in [0.15, 0.2) is 11.5 Å². The summed E-state index contributed by atoms with van der Waals surface area (Å²) in [6.45, 7) is 1.84. The van der Waals surface area contributed by atoms with Crippen LogP contribution in [0.3, 0.4) is 0 Å². The quantitative estimate of drug-likeness (QED) is 0.566. The first-order valence-electron chi connectivity index (χ1n) is 8.37. The van der Waals surface area contributed by atoms with Crippen LogP contribution >= 0.6 is 0 Å². The van der Waals surface area contributed by atoms with E-state index in [2.05, 4.69) is 10.3 Å². The normalized spacial score (nSPS) is 13.2. The van der Waals surface area contributed by atoms with Crippen molar-refractivity contribution in [2.24, 2.45) is 0 Å². The lowest BCUT2D eigenvalue weighted by Crippen LogP contribution is -2.02. The molecule has 0 atom stereocenters. The summed E-state index contributed by atoms with van der Waals surface area (Å²) >= 11 is 0. The van der Waals surface area contributed by atoms with Gasteiger partial charge in [0.05, 0.1) is 29.2 Å². The fourth-order valence-corrected chi connectivity index (χ4v) is 2.97. The Morgan fingerprint density at radius 1 is 1.12 bits per heavy atom. The average Bonchev–Trinajstić information content (AvgIpc) is 2.90. The van der Waals surface area contributed by atoms with Gasteiger partial charge in [0.2, 0.25) is 0 Å². The molecule has 3 aromatic rings. The Morgan fingerprint density at radius 3 is 2.81 bits per heavy atom. The molecule has 0 radical (unpaired) electrons. The highest BCUT2D eigenvalue weighted by atomic mass is 16.6. The van der Waals surface area contributed by atoms with E-state index < -0.39 is 4.92 Å². The number of nitro benzene ring substituents is 1. The number of hydrogen-bond donors (Lipinski definition) is 1. The SMILES string of the molecule is O=[N+]([O-])c1ccc(NCc2ccc3c(c2)OCCCO3)c2ncccc12. The Bertz CT molecular complexity index is 974. The number of non-ortho nitro benzene ring substituents is 1. The van der Waals surface area contributed by atoms with E-state index in [1.807, 2.05) is 18.2 Å². The van der Waals surface area contributed by atoms with Crippen molar-refractivity contribution in [1.29, 1.82) is 0 Å². The third-order valence-corrected chi connectivity index (χ3v) is 4.24. The summed E-state index contributed by atoms with van der Waals surface area (Å²) in [7, 11) is 0. The minimum absolute atomic E-state index is 0.0502. The summed E-state index contributed by atoms with van der Waals surface area (Å²) in [6, 6.07) is 12.4. The zero-order chi connectivity index (χ0) is 17.9. The molecule has 132 valence electrons. The molecule has 0 unspecified atom stereocenters. The van der Waals surface area contributed by atoms with Gasteiger partial charge >= 0.3 is 0 Å². The predicted molar refractivity (Wildman–Crippen MR) is 97.8 cm³/mol. The van der Waals surface area contributed by atoms with Crippen LogP contribution in [0.4, 0.5) is 11.4 Å². The van der Waals surface area contributed by atoms with Gasteiger partial charge in [-0.3, -0.25) is 15.1 Å². The van der Waals surface area contributed by atoms with Gasteiger partial charge in [-0.05, 0) is 35.9 Å². The summed E-state index contributed by atoms with van der Waals surface area (Å²) < 4.78 is 11.4. The lowest BCUT2D eigenvalue weighted by atomic mass is 10.1. The molecule has 1 aromatic heterocycles. The highest BCUT2D eigenvalue weighted by Gasteiger charge is 2.15. The molecule has 7 nitrogen and oxygen atoms in total. The Hall–Kier alpha value is -3.35. The summed E-state index contributed by atoms with van der Waals surface area (Å²) in [4.78, 5) is 15.1. The Balaban J connectivity index is 1.60. The fourth-order valence-electron chi connectivity index (χ4n) is 2.97. The fraction of sp³-hybridized carbons (Fsp3) is 0.211. The third kappa shape index (κ3) is 3.11. The van der Waals surface area contributed by atoms with Gasteiger partial charge in [-0.1, -0.05) is 6.07 Å². The second-order valence-corrected chi connectivity index (χ2v) is 5.97. The van der Waals surface area contributed by atoms with E-state index >= 15 is 0 Å². The van der Waals surface area contributed by atoms with Crippen molar-refractivity contribution in [3.63, 3.8) is 0 Å². The Kier molecular flexibility index (Phi) is 4.27. The number of hydrogen-bond acceptors (Lipinski definition) is 6. The number of rotatable bonds is 4. The van der Waals surface area contributed by atoms with E-state index in [-0.39, 0.29) is 5.69 Å². The standard InChI is InChI=1S/C19H17N3O4/c23-22(24)16-6-5-15(19-14(16)3-1-8-20-19)21-12-13-4-7-17-18(11-13)26-10-2-9-25-17/h1,3-8,11,21H,2,9-10,12H2. The highest BCUT2D eigenvalue weighted by Crippen LogP contribution is 2.32. The molecule has 1 N–H and O–H groups in total. The Labute approximate surface area is 149 Å². The van der Waals surface area contributed by atoms with Gasteiger partial charge < -0.3 is 14.8 Å². The summed E-state index contributed by atoms with van der Waals surface area (Å²) in [5.74, 6) is 1.50. The third-order valence-electron chi connectivity index (χ3n) is 4.24. The second kappa shape index (κ2) is 6.87. The number of aromatic nitrogens is 1. The molecule has 7 heteroatoms. The van der Waals surface area contributed by atoms with Crippen molar-refractivity contribution in [2.45, 2.75) is 13.0 Å². The minimum atomic E-state index is -0.391. The Morgan fingerprint density at radius 2 is 1.96 bits per heavy atom. The molecule has 0 aliphatic carbocycles. The molecule has 0 amide bonds. The number of pyridine rings is 1. The first kappa shape index (κ1) is 16.1. The van der Waals surface area contributed by atoms with Crippen LogP contribution in [0.25, 0.3) is 10.9 Å². The lowest BCUT2D eigenvalue weighted by molar-refractivity contribution is -0.383. The first-order valence-corrected chi connectivity index (χ1v) is 8.37. The van der Waals surface area contributed by atoms with Crippen LogP contribution in [0.1, 0.15) is 12.0 Å². The number of nitrogens with one attached hydrogen (secondary N) is 1. The molecule has 1 aliphatic rings. The number of ether oxygens (including phenoxy) is 2. The van der Waals surface area contributed by atoms with Gasteiger partial charge in [-0.25, -0.2) is 0 Å². The van der Waals surface area contributed by atoms with Crippen molar-refractivity contribution >= 4 is 22.3 Å². The van der Waals surface area contributed by atoms with E-state index in [1.165, 1.54) is 6.07 Å². The first-order chi connectivity index (χ1) is 12.7. The molecule has 1 aliphatic heterocycles. The summed E-state index contributed by atoms with van der Waals surface area (Å²) in [5.41, 5.74) is 2.40. The molecular formula is C19H17N3O4. The number of fused-ring (bicyclic) bond motifs is 2. The summed E-state index contributed by atoms with van der Waals surface area (Å²) in [5, 5.41) is 15.0. The number of benzene rings is 2. The van der Waals surface area contributed by atoms with Gasteiger partial charge in [0.25, 0.3) is 5.69 Å². The molecule has 0 bridgehead atoms. The number of nitrogens with zero attached hydrogens (tertiary/aromatic N) is 2. The van der Waals surface area contributed by atoms with Crippen molar-refractivity contribution in [1.82, 2.24) is 4.98 Å². The van der Waals surface area contributed by atoms with E-state index in [9.17, 15) is 10.1 Å². The smallest absolute Gasteiger partial charge is 0.278 e. The maximum Gasteiger partial charge on any atom is 0.278 e. The van der Waals surface area contributed by atoms with Crippen LogP contribution in [0, 0.1) is 10.1 Å². The molecule has 0 spiro atoms. The largest absolute Gasteiger partial charge is 0.490 e. The molecule has 4 rings (SSSR count). The van der Waals surface area contributed by atoms with Gasteiger partial charge in [-0.15, -0.1) is 0 Å². The van der Waals surface area contributed by atoms with Gasteiger partial charge in [0, 0.05) is 25.2 Å². The van der Waals surface area contributed by atoms with Crippen molar-refractivity contribution in [2.75, 3.05) is 18.5 Å². The highest BCUT2D eigenvalue weighted by molar-refractivity contribution is 5.96. The van der Waals surface area contributed by atoms with Crippen LogP contribution in [-0.2, 0) is 6.54 Å². The predicted octanol–water partition coefficient (Wildman–Crippen LogP) is 3.92. The van der Waals surface area contributed by atoms with Crippen molar-refractivity contribution in [3.05, 3.63) is 64.3 Å². The van der Waals surface area contributed by atoms with Crippen LogP contribution in [-0.4, -0.2) is 23.1 Å². The topological polar surface area (TPSA) is 86.5 Å². The zero-order valence-electron chi connectivity index (χ0n) is 14.0. The van der Waals surface area contributed by atoms with Crippen LogP contribution in [0.2, 0.25) is 0 Å². The second-order valence-electron chi connectivity index (χ2n) is 5.97. The minimum Gasteiger partial charge on any atom is -0.490 e. The maximum atomic E-state index is 11.2. The van der Waals surface area contributed by atoms with Crippen LogP contribution < -0.4 is 14.8 Å². The van der Waals surface area contributed by atoms with E-state index in [1.54, 1.807) is 24.4 Å². The average molecular weight is 351 g/mol. The monoisotopic (exact) mass is 351 g/mol.